The molecule has 1 aromatic rings. The van der Waals surface area contributed by atoms with Crippen LogP contribution in [0.3, 0.4) is 0 Å². The predicted octanol–water partition coefficient (Wildman–Crippen LogP) is 1.76. The summed E-state index contributed by atoms with van der Waals surface area (Å²) < 4.78 is 5.65. The maximum Gasteiger partial charge on any atom is 0.294 e. The molecule has 0 aliphatic carbocycles. The highest BCUT2D eigenvalue weighted by atomic mass is 32.1. The van der Waals surface area contributed by atoms with Crippen LogP contribution in [-0.2, 0) is 6.54 Å². The lowest BCUT2D eigenvalue weighted by Crippen LogP contribution is -2.25. The van der Waals surface area contributed by atoms with Crippen LogP contribution in [0.5, 0.6) is 5.19 Å². The van der Waals surface area contributed by atoms with E-state index in [0.29, 0.717) is 17.7 Å². The second-order valence-corrected chi connectivity index (χ2v) is 6.41. The predicted molar refractivity (Wildman–Crippen MR) is 77.6 cm³/mol. The fraction of sp³-hybridized carbons (Fsp3) is 0.846. The van der Waals surface area contributed by atoms with Crippen molar-refractivity contribution in [2.75, 3.05) is 32.8 Å². The SMILES string of the molecule is CC(C)CNCc1nnc(OCCN2CCCC2)s1. The van der Waals surface area contributed by atoms with E-state index in [1.165, 1.54) is 25.9 Å². The van der Waals surface area contributed by atoms with Gasteiger partial charge in [0.2, 0.25) is 0 Å². The molecule has 2 heterocycles. The molecule has 1 fully saturated rings. The highest BCUT2D eigenvalue weighted by molar-refractivity contribution is 7.13. The molecule has 1 N–H and O–H groups in total. The van der Waals surface area contributed by atoms with Gasteiger partial charge in [-0.25, -0.2) is 0 Å². The van der Waals surface area contributed by atoms with Crippen molar-refractivity contribution in [1.82, 2.24) is 20.4 Å². The number of nitrogens with one attached hydrogen (secondary N) is 1. The molecule has 108 valence electrons. The number of hydrogen-bond donors (Lipinski definition) is 1. The third-order valence-corrected chi connectivity index (χ3v) is 3.94. The minimum atomic E-state index is 0.657. The molecule has 0 radical (unpaired) electrons. The maximum atomic E-state index is 5.65. The van der Waals surface area contributed by atoms with Gasteiger partial charge in [0.25, 0.3) is 5.19 Å². The molecule has 2 rings (SSSR count). The van der Waals surface area contributed by atoms with Crippen LogP contribution >= 0.6 is 11.3 Å². The second-order valence-electron chi connectivity index (χ2n) is 5.38. The van der Waals surface area contributed by atoms with Crippen LogP contribution in [0.15, 0.2) is 0 Å². The van der Waals surface area contributed by atoms with Gasteiger partial charge in [0.1, 0.15) is 11.6 Å². The van der Waals surface area contributed by atoms with Crippen molar-refractivity contribution in [3.8, 4) is 5.19 Å². The standard InChI is InChI=1S/C13H24N4OS/c1-11(2)9-14-10-12-15-16-13(19-12)18-8-7-17-5-3-4-6-17/h11,14H,3-10H2,1-2H3. The highest BCUT2D eigenvalue weighted by Crippen LogP contribution is 2.17. The molecule has 0 spiro atoms. The number of aromatic nitrogens is 2. The molecule has 1 aliphatic rings. The minimum Gasteiger partial charge on any atom is -0.468 e. The molecule has 19 heavy (non-hydrogen) atoms. The molecule has 1 aliphatic heterocycles. The lowest BCUT2D eigenvalue weighted by atomic mass is 10.2. The molecule has 5 nitrogen and oxygen atoms in total. The Labute approximate surface area is 119 Å². The van der Waals surface area contributed by atoms with Gasteiger partial charge < -0.3 is 10.1 Å². The Morgan fingerprint density at radius 1 is 1.32 bits per heavy atom. The molecule has 1 aromatic heterocycles. The van der Waals surface area contributed by atoms with E-state index in [-0.39, 0.29) is 0 Å². The number of likely N-dealkylation sites (tertiary alicyclic amines) is 1. The van der Waals surface area contributed by atoms with Crippen molar-refractivity contribution in [1.29, 1.82) is 0 Å². The summed E-state index contributed by atoms with van der Waals surface area (Å²) in [5, 5.41) is 13.2. The van der Waals surface area contributed by atoms with Crippen molar-refractivity contribution >= 4 is 11.3 Å². The first-order chi connectivity index (χ1) is 9.24. The molecule has 6 heteroatoms. The highest BCUT2D eigenvalue weighted by Gasteiger charge is 2.11. The van der Waals surface area contributed by atoms with Crippen molar-refractivity contribution in [2.24, 2.45) is 5.92 Å². The Bertz CT molecular complexity index is 363. The third kappa shape index (κ3) is 5.42. The lowest BCUT2D eigenvalue weighted by molar-refractivity contribution is 0.236. The van der Waals surface area contributed by atoms with Gasteiger partial charge >= 0.3 is 0 Å². The van der Waals surface area contributed by atoms with Crippen molar-refractivity contribution < 1.29 is 4.74 Å². The maximum absolute atomic E-state index is 5.65. The molecule has 1 saturated heterocycles. The van der Waals surface area contributed by atoms with E-state index in [4.69, 9.17) is 4.74 Å². The summed E-state index contributed by atoms with van der Waals surface area (Å²) in [6.45, 7) is 10.3. The van der Waals surface area contributed by atoms with Crippen LogP contribution in [0.2, 0.25) is 0 Å². The Morgan fingerprint density at radius 2 is 2.11 bits per heavy atom. The third-order valence-electron chi connectivity index (χ3n) is 3.11. The summed E-state index contributed by atoms with van der Waals surface area (Å²) in [4.78, 5) is 2.44. The van der Waals surface area contributed by atoms with Crippen LogP contribution in [0, 0.1) is 5.92 Å². The average molecular weight is 284 g/mol. The topological polar surface area (TPSA) is 50.3 Å². The molecular weight excluding hydrogens is 260 g/mol. The van der Waals surface area contributed by atoms with Gasteiger partial charge in [-0.1, -0.05) is 25.2 Å². The van der Waals surface area contributed by atoms with Crippen molar-refractivity contribution in [3.63, 3.8) is 0 Å². The monoisotopic (exact) mass is 284 g/mol. The molecule has 0 bridgehead atoms. The zero-order chi connectivity index (χ0) is 13.5. The smallest absolute Gasteiger partial charge is 0.294 e. The summed E-state index contributed by atoms with van der Waals surface area (Å²) in [7, 11) is 0. The van der Waals surface area contributed by atoms with Gasteiger partial charge in [0.05, 0.1) is 0 Å². The number of rotatable bonds is 8. The summed E-state index contributed by atoms with van der Waals surface area (Å²) >= 11 is 1.54. The number of hydrogen-bond acceptors (Lipinski definition) is 6. The average Bonchev–Trinajstić information content (AvgIpc) is 3.00. The first-order valence-corrected chi connectivity index (χ1v) is 7.94. The van der Waals surface area contributed by atoms with Crippen LogP contribution in [0.1, 0.15) is 31.7 Å². The molecule has 0 aromatic carbocycles. The van der Waals surface area contributed by atoms with E-state index in [2.05, 4.69) is 34.3 Å². The molecule has 0 saturated carbocycles. The number of nitrogens with zero attached hydrogens (tertiary/aromatic N) is 3. The Kier molecular flexibility index (Phi) is 6.00. The van der Waals surface area contributed by atoms with Crippen LogP contribution in [0.25, 0.3) is 0 Å². The van der Waals surface area contributed by atoms with Crippen LogP contribution < -0.4 is 10.1 Å². The Balaban J connectivity index is 1.62. The lowest BCUT2D eigenvalue weighted by Gasteiger charge is -2.13. The summed E-state index contributed by atoms with van der Waals surface area (Å²) in [5.41, 5.74) is 0. The van der Waals surface area contributed by atoms with Gasteiger partial charge in [-0.05, 0) is 38.4 Å². The minimum absolute atomic E-state index is 0.657. The van der Waals surface area contributed by atoms with Gasteiger partial charge in [0.15, 0.2) is 0 Å². The molecular formula is C13H24N4OS. The summed E-state index contributed by atoms with van der Waals surface area (Å²) in [5.74, 6) is 0.657. The van der Waals surface area contributed by atoms with E-state index < -0.39 is 0 Å². The zero-order valence-corrected chi connectivity index (χ0v) is 12.7. The van der Waals surface area contributed by atoms with E-state index in [0.717, 1.165) is 24.6 Å². The van der Waals surface area contributed by atoms with E-state index in [9.17, 15) is 0 Å². The Morgan fingerprint density at radius 3 is 2.84 bits per heavy atom. The summed E-state index contributed by atoms with van der Waals surface area (Å²) in [6.07, 6.45) is 2.65. The number of ether oxygens (including phenoxy) is 1. The molecule has 0 unspecified atom stereocenters. The Hall–Kier alpha value is -0.720. The van der Waals surface area contributed by atoms with E-state index in [1.807, 2.05) is 0 Å². The largest absolute Gasteiger partial charge is 0.468 e. The van der Waals surface area contributed by atoms with Crippen molar-refractivity contribution in [3.05, 3.63) is 5.01 Å². The van der Waals surface area contributed by atoms with Crippen LogP contribution in [0.4, 0.5) is 0 Å². The quantitative estimate of drug-likeness (QED) is 0.788. The first-order valence-electron chi connectivity index (χ1n) is 7.12. The second kappa shape index (κ2) is 7.77. The fourth-order valence-electron chi connectivity index (χ4n) is 2.10. The normalized spacial score (nSPS) is 16.4. The van der Waals surface area contributed by atoms with Gasteiger partial charge in [0, 0.05) is 13.1 Å². The first kappa shape index (κ1) is 14.7. The van der Waals surface area contributed by atoms with Crippen molar-refractivity contribution in [2.45, 2.75) is 33.2 Å². The van der Waals surface area contributed by atoms with Crippen LogP contribution in [-0.4, -0.2) is 47.9 Å². The van der Waals surface area contributed by atoms with E-state index in [1.54, 1.807) is 11.3 Å². The molecule has 0 amide bonds. The summed E-state index contributed by atoms with van der Waals surface area (Å²) in [6, 6.07) is 0. The zero-order valence-electron chi connectivity index (χ0n) is 11.9. The molecule has 0 atom stereocenters. The fourth-order valence-corrected chi connectivity index (χ4v) is 2.79. The van der Waals surface area contributed by atoms with Gasteiger partial charge in [-0.3, -0.25) is 4.90 Å². The van der Waals surface area contributed by atoms with E-state index >= 15 is 0 Å². The van der Waals surface area contributed by atoms with Gasteiger partial charge in [-0.15, -0.1) is 10.2 Å². The van der Waals surface area contributed by atoms with Gasteiger partial charge in [-0.2, -0.15) is 0 Å².